The molecule has 148 valence electrons. The average Bonchev–Trinajstić information content (AvgIpc) is 2.68. The maximum Gasteiger partial charge on any atom is 0.357 e. The molecule has 0 heterocycles. The molecule has 0 aliphatic rings. The highest BCUT2D eigenvalue weighted by molar-refractivity contribution is 6.04. The minimum absolute atomic E-state index is 0.0695. The fourth-order valence-electron chi connectivity index (χ4n) is 2.19. The first-order valence-electron chi connectivity index (χ1n) is 8.58. The van der Waals surface area contributed by atoms with E-state index in [4.69, 9.17) is 9.47 Å². The van der Waals surface area contributed by atoms with E-state index >= 15 is 0 Å². The third-order valence-electron chi connectivity index (χ3n) is 3.44. The number of anilines is 2. The molecular formula is C20H20F2N2O4. The summed E-state index contributed by atoms with van der Waals surface area (Å²) in [6.07, 6.45) is 0. The minimum Gasteiger partial charge on any atom is -0.461 e. The highest BCUT2D eigenvalue weighted by atomic mass is 19.1. The van der Waals surface area contributed by atoms with Crippen molar-refractivity contribution >= 4 is 23.3 Å². The maximum absolute atomic E-state index is 13.2. The van der Waals surface area contributed by atoms with Crippen LogP contribution in [-0.4, -0.2) is 25.2 Å². The van der Waals surface area contributed by atoms with Crippen molar-refractivity contribution in [3.8, 4) is 0 Å². The molecule has 0 radical (unpaired) electrons. The molecule has 6 nitrogen and oxygen atoms in total. The summed E-state index contributed by atoms with van der Waals surface area (Å²) in [5, 5.41) is 5.53. The molecule has 8 heteroatoms. The number of carbonyl (C=O) groups excluding carboxylic acids is 2. The summed E-state index contributed by atoms with van der Waals surface area (Å²) in [5.41, 5.74) is 0.256. The van der Waals surface area contributed by atoms with Crippen molar-refractivity contribution in [3.63, 3.8) is 0 Å². The number of rotatable bonds is 8. The van der Waals surface area contributed by atoms with Gasteiger partial charge in [0.25, 0.3) is 0 Å². The lowest BCUT2D eigenvalue weighted by molar-refractivity contribution is -0.141. The van der Waals surface area contributed by atoms with Gasteiger partial charge in [0.15, 0.2) is 11.4 Å². The van der Waals surface area contributed by atoms with Gasteiger partial charge in [-0.25, -0.2) is 18.4 Å². The van der Waals surface area contributed by atoms with Crippen molar-refractivity contribution < 1.29 is 27.8 Å². The normalized spacial score (nSPS) is 11.3. The first kappa shape index (κ1) is 20.9. The second-order valence-corrected chi connectivity index (χ2v) is 5.45. The monoisotopic (exact) mass is 390 g/mol. The molecule has 0 spiro atoms. The number of ether oxygens (including phenoxy) is 2. The topological polar surface area (TPSA) is 76.7 Å². The van der Waals surface area contributed by atoms with Gasteiger partial charge in [-0.05, 0) is 62.4 Å². The van der Waals surface area contributed by atoms with Gasteiger partial charge in [-0.1, -0.05) is 0 Å². The van der Waals surface area contributed by atoms with Crippen LogP contribution in [0.2, 0.25) is 0 Å². The number of esters is 2. The Hall–Kier alpha value is -3.42. The molecule has 0 aliphatic carbocycles. The Labute approximate surface area is 161 Å². The zero-order chi connectivity index (χ0) is 20.5. The summed E-state index contributed by atoms with van der Waals surface area (Å²) in [7, 11) is 0. The molecule has 0 saturated carbocycles. The van der Waals surface area contributed by atoms with E-state index in [9.17, 15) is 18.4 Å². The highest BCUT2D eigenvalue weighted by Crippen LogP contribution is 2.19. The van der Waals surface area contributed by atoms with Gasteiger partial charge < -0.3 is 20.1 Å². The van der Waals surface area contributed by atoms with E-state index < -0.39 is 23.6 Å². The van der Waals surface area contributed by atoms with E-state index in [1.54, 1.807) is 13.8 Å². The molecule has 0 aromatic heterocycles. The number of halogens is 2. The second kappa shape index (κ2) is 10.1. The van der Waals surface area contributed by atoms with Gasteiger partial charge in [-0.3, -0.25) is 0 Å². The lowest BCUT2D eigenvalue weighted by Crippen LogP contribution is -2.25. The predicted molar refractivity (Wildman–Crippen MR) is 100 cm³/mol. The molecule has 0 amide bonds. The lowest BCUT2D eigenvalue weighted by Gasteiger charge is -2.17. The minimum atomic E-state index is -0.815. The Morgan fingerprint density at radius 2 is 1.04 bits per heavy atom. The standard InChI is InChI=1S/C20H20F2N2O4/c1-3-27-19(25)17(23-15-9-5-13(21)6-10-15)18(20(26)28-4-2)24-16-11-7-14(22)8-12-16/h5-12,23-24H,3-4H2,1-2H3/b18-17-. The van der Waals surface area contributed by atoms with Gasteiger partial charge in [0.05, 0.1) is 13.2 Å². The fraction of sp³-hybridized carbons (Fsp3) is 0.200. The van der Waals surface area contributed by atoms with E-state index in [-0.39, 0.29) is 24.6 Å². The van der Waals surface area contributed by atoms with Crippen molar-refractivity contribution in [3.05, 3.63) is 71.6 Å². The first-order valence-corrected chi connectivity index (χ1v) is 8.58. The average molecular weight is 390 g/mol. The fourth-order valence-corrected chi connectivity index (χ4v) is 2.19. The van der Waals surface area contributed by atoms with Crippen LogP contribution in [0.3, 0.4) is 0 Å². The zero-order valence-corrected chi connectivity index (χ0v) is 15.4. The molecule has 0 saturated heterocycles. The molecule has 2 aromatic carbocycles. The molecule has 2 aromatic rings. The predicted octanol–water partition coefficient (Wildman–Crippen LogP) is 3.83. The smallest absolute Gasteiger partial charge is 0.357 e. The first-order chi connectivity index (χ1) is 13.4. The Balaban J connectivity index is 2.49. The van der Waals surface area contributed by atoms with E-state index in [1.165, 1.54) is 48.5 Å². The Bertz CT molecular complexity index is 778. The molecule has 0 fully saturated rings. The van der Waals surface area contributed by atoms with Gasteiger partial charge in [0.1, 0.15) is 11.6 Å². The van der Waals surface area contributed by atoms with Crippen LogP contribution in [0.15, 0.2) is 59.9 Å². The summed E-state index contributed by atoms with van der Waals surface area (Å²) in [5.74, 6) is -2.54. The zero-order valence-electron chi connectivity index (χ0n) is 15.4. The van der Waals surface area contributed by atoms with Gasteiger partial charge in [0.2, 0.25) is 0 Å². The van der Waals surface area contributed by atoms with Crippen LogP contribution >= 0.6 is 0 Å². The molecule has 0 bridgehead atoms. The van der Waals surface area contributed by atoms with Gasteiger partial charge >= 0.3 is 11.9 Å². The number of hydrogen-bond donors (Lipinski definition) is 2. The largest absolute Gasteiger partial charge is 0.461 e. The molecule has 2 N–H and O–H groups in total. The highest BCUT2D eigenvalue weighted by Gasteiger charge is 2.24. The summed E-state index contributed by atoms with van der Waals surface area (Å²) in [6, 6.07) is 10.4. The van der Waals surface area contributed by atoms with Crippen LogP contribution in [0.5, 0.6) is 0 Å². The van der Waals surface area contributed by atoms with E-state index in [2.05, 4.69) is 10.6 Å². The van der Waals surface area contributed by atoms with E-state index in [0.717, 1.165) is 0 Å². The van der Waals surface area contributed by atoms with Crippen molar-refractivity contribution in [2.24, 2.45) is 0 Å². The Morgan fingerprint density at radius 1 is 0.714 bits per heavy atom. The van der Waals surface area contributed by atoms with Gasteiger partial charge in [0, 0.05) is 11.4 Å². The Morgan fingerprint density at radius 3 is 1.32 bits per heavy atom. The van der Waals surface area contributed by atoms with Crippen molar-refractivity contribution in [1.82, 2.24) is 0 Å². The van der Waals surface area contributed by atoms with Crippen molar-refractivity contribution in [1.29, 1.82) is 0 Å². The summed E-state index contributed by atoms with van der Waals surface area (Å²) in [4.78, 5) is 25.0. The molecule has 28 heavy (non-hydrogen) atoms. The van der Waals surface area contributed by atoms with Crippen molar-refractivity contribution in [2.75, 3.05) is 23.8 Å². The summed E-state index contributed by atoms with van der Waals surface area (Å²) >= 11 is 0. The Kier molecular flexibility index (Phi) is 7.50. The lowest BCUT2D eigenvalue weighted by atomic mass is 10.2. The molecule has 2 rings (SSSR count). The van der Waals surface area contributed by atoms with E-state index in [0.29, 0.717) is 11.4 Å². The quantitative estimate of drug-likeness (QED) is 0.527. The SMILES string of the molecule is CCOC(=O)/C(Nc1ccc(F)cc1)=C(/Nc1ccc(F)cc1)C(=O)OCC. The summed E-state index contributed by atoms with van der Waals surface area (Å²) in [6.45, 7) is 3.37. The number of benzene rings is 2. The number of hydrogen-bond acceptors (Lipinski definition) is 6. The van der Waals surface area contributed by atoms with E-state index in [1.807, 2.05) is 0 Å². The second-order valence-electron chi connectivity index (χ2n) is 5.45. The van der Waals surface area contributed by atoms with Crippen LogP contribution in [0.4, 0.5) is 20.2 Å². The third kappa shape index (κ3) is 5.80. The van der Waals surface area contributed by atoms with Crippen LogP contribution < -0.4 is 10.6 Å². The molecule has 0 aliphatic heterocycles. The van der Waals surface area contributed by atoms with Crippen LogP contribution in [0.25, 0.3) is 0 Å². The molecule has 0 unspecified atom stereocenters. The van der Waals surface area contributed by atoms with Crippen LogP contribution in [-0.2, 0) is 19.1 Å². The van der Waals surface area contributed by atoms with Crippen molar-refractivity contribution in [2.45, 2.75) is 13.8 Å². The van der Waals surface area contributed by atoms with Gasteiger partial charge in [-0.15, -0.1) is 0 Å². The molecule has 0 atom stereocenters. The van der Waals surface area contributed by atoms with Crippen LogP contribution in [0, 0.1) is 11.6 Å². The number of nitrogens with one attached hydrogen (secondary N) is 2. The van der Waals surface area contributed by atoms with Crippen LogP contribution in [0.1, 0.15) is 13.8 Å². The number of carbonyl (C=O) groups is 2. The third-order valence-corrected chi connectivity index (χ3v) is 3.44. The van der Waals surface area contributed by atoms with Gasteiger partial charge in [-0.2, -0.15) is 0 Å². The summed E-state index contributed by atoms with van der Waals surface area (Å²) < 4.78 is 36.4. The molecular weight excluding hydrogens is 370 g/mol. The maximum atomic E-state index is 13.2.